The lowest BCUT2D eigenvalue weighted by Gasteiger charge is -2.23. The van der Waals surface area contributed by atoms with Crippen molar-refractivity contribution < 1.29 is 9.59 Å². The molecule has 1 heterocycles. The number of Topliss-reactive ketones (excluding diaryl/α,β-unsaturated/α-hetero) is 1. The number of hydrogen-bond donors (Lipinski definition) is 2. The van der Waals surface area contributed by atoms with Crippen LogP contribution in [-0.2, 0) is 0 Å². The highest BCUT2D eigenvalue weighted by Crippen LogP contribution is 2.23. The summed E-state index contributed by atoms with van der Waals surface area (Å²) >= 11 is 0. The second kappa shape index (κ2) is 6.93. The van der Waals surface area contributed by atoms with Crippen LogP contribution in [0.5, 0.6) is 0 Å². The van der Waals surface area contributed by atoms with Crippen molar-refractivity contribution in [1.82, 2.24) is 10.3 Å². The number of rotatable bonds is 5. The van der Waals surface area contributed by atoms with Crippen LogP contribution in [0.4, 0.5) is 0 Å². The Morgan fingerprint density at radius 1 is 1.00 bits per heavy atom. The van der Waals surface area contributed by atoms with Crippen LogP contribution in [0.2, 0.25) is 0 Å². The average molecular weight is 334 g/mol. The van der Waals surface area contributed by atoms with E-state index < -0.39 is 0 Å². The van der Waals surface area contributed by atoms with E-state index in [1.54, 1.807) is 6.92 Å². The van der Waals surface area contributed by atoms with Crippen LogP contribution in [0.15, 0.2) is 54.6 Å². The second-order valence-electron chi connectivity index (χ2n) is 6.64. The minimum Gasteiger partial charge on any atom is -0.351 e. The third kappa shape index (κ3) is 3.63. The first-order valence-corrected chi connectivity index (χ1v) is 8.45. The van der Waals surface area contributed by atoms with Crippen LogP contribution in [0.3, 0.4) is 0 Å². The van der Waals surface area contributed by atoms with E-state index in [0.29, 0.717) is 11.3 Å². The van der Waals surface area contributed by atoms with Crippen molar-refractivity contribution in [2.45, 2.75) is 26.8 Å². The number of fused-ring (bicyclic) bond motifs is 1. The molecule has 0 fully saturated rings. The zero-order valence-electron chi connectivity index (χ0n) is 14.7. The maximum absolute atomic E-state index is 12.7. The average Bonchev–Trinajstić information content (AvgIpc) is 3.03. The van der Waals surface area contributed by atoms with Gasteiger partial charge in [-0.15, -0.1) is 0 Å². The molecule has 3 rings (SSSR count). The molecular weight excluding hydrogens is 312 g/mol. The molecular formula is C21H22N2O2. The summed E-state index contributed by atoms with van der Waals surface area (Å²) in [6.07, 6.45) is 0. The zero-order valence-corrected chi connectivity index (χ0v) is 14.7. The summed E-state index contributed by atoms with van der Waals surface area (Å²) < 4.78 is 0. The van der Waals surface area contributed by atoms with Gasteiger partial charge in [0.25, 0.3) is 5.91 Å². The van der Waals surface area contributed by atoms with Crippen LogP contribution in [0, 0.1) is 5.92 Å². The number of hydrogen-bond acceptors (Lipinski definition) is 2. The maximum atomic E-state index is 12.7. The summed E-state index contributed by atoms with van der Waals surface area (Å²) in [4.78, 5) is 27.3. The Kier molecular flexibility index (Phi) is 4.70. The van der Waals surface area contributed by atoms with E-state index in [9.17, 15) is 9.59 Å². The van der Waals surface area contributed by atoms with E-state index in [2.05, 4.69) is 24.1 Å². The van der Waals surface area contributed by atoms with E-state index in [1.807, 2.05) is 54.6 Å². The minimum absolute atomic E-state index is 0.0368. The van der Waals surface area contributed by atoms with Gasteiger partial charge in [0.1, 0.15) is 5.69 Å². The molecule has 1 aromatic heterocycles. The monoisotopic (exact) mass is 334 g/mol. The van der Waals surface area contributed by atoms with E-state index in [1.165, 1.54) is 0 Å². The van der Waals surface area contributed by atoms with Gasteiger partial charge in [0.2, 0.25) is 0 Å². The number of carbonyl (C=O) groups is 2. The summed E-state index contributed by atoms with van der Waals surface area (Å²) in [6, 6.07) is 17.0. The smallest absolute Gasteiger partial charge is 0.268 e. The Labute approximate surface area is 147 Å². The molecule has 0 radical (unpaired) electrons. The summed E-state index contributed by atoms with van der Waals surface area (Å²) in [5.74, 6) is 0.122. The largest absolute Gasteiger partial charge is 0.351 e. The quantitative estimate of drug-likeness (QED) is 0.675. The predicted octanol–water partition coefficient (Wildman–Crippen LogP) is 4.50. The second-order valence-corrected chi connectivity index (χ2v) is 6.64. The normalized spacial score (nSPS) is 12.3. The van der Waals surface area contributed by atoms with E-state index in [-0.39, 0.29) is 23.7 Å². The van der Waals surface area contributed by atoms with Crippen molar-refractivity contribution in [3.63, 3.8) is 0 Å². The molecule has 4 nitrogen and oxygen atoms in total. The molecule has 0 saturated heterocycles. The lowest BCUT2D eigenvalue weighted by atomic mass is 9.94. The number of ketones is 1. The predicted molar refractivity (Wildman–Crippen MR) is 99.8 cm³/mol. The Morgan fingerprint density at radius 3 is 2.28 bits per heavy atom. The van der Waals surface area contributed by atoms with Gasteiger partial charge in [-0.25, -0.2) is 0 Å². The molecule has 0 aliphatic heterocycles. The van der Waals surface area contributed by atoms with Crippen LogP contribution >= 0.6 is 0 Å². The van der Waals surface area contributed by atoms with Crippen LogP contribution in [0.1, 0.15) is 53.2 Å². The maximum Gasteiger partial charge on any atom is 0.268 e. The molecule has 0 saturated carbocycles. The van der Waals surface area contributed by atoms with Crippen molar-refractivity contribution in [2.75, 3.05) is 0 Å². The molecule has 2 aromatic carbocycles. The van der Waals surface area contributed by atoms with Crippen molar-refractivity contribution in [3.8, 4) is 0 Å². The van der Waals surface area contributed by atoms with Gasteiger partial charge in [-0.2, -0.15) is 0 Å². The first-order valence-electron chi connectivity index (χ1n) is 8.45. The highest BCUT2D eigenvalue weighted by molar-refractivity contribution is 5.98. The number of carbonyl (C=O) groups excluding carboxylic acids is 2. The number of benzene rings is 2. The van der Waals surface area contributed by atoms with Gasteiger partial charge < -0.3 is 10.3 Å². The number of para-hydroxylation sites is 1. The zero-order chi connectivity index (χ0) is 18.0. The molecule has 0 aliphatic rings. The van der Waals surface area contributed by atoms with Crippen molar-refractivity contribution >= 4 is 22.6 Å². The lowest BCUT2D eigenvalue weighted by Crippen LogP contribution is -2.32. The third-order valence-electron chi connectivity index (χ3n) is 4.40. The summed E-state index contributed by atoms with van der Waals surface area (Å²) in [5.41, 5.74) is 3.16. The summed E-state index contributed by atoms with van der Waals surface area (Å²) in [7, 11) is 0. The number of nitrogens with one attached hydrogen (secondary N) is 2. The molecule has 25 heavy (non-hydrogen) atoms. The number of aromatic amines is 1. The number of H-pyrrole nitrogens is 1. The minimum atomic E-state index is -0.134. The van der Waals surface area contributed by atoms with E-state index in [0.717, 1.165) is 16.5 Å². The van der Waals surface area contributed by atoms with E-state index >= 15 is 0 Å². The van der Waals surface area contributed by atoms with Crippen LogP contribution in [-0.4, -0.2) is 16.7 Å². The summed E-state index contributed by atoms with van der Waals surface area (Å²) in [5, 5.41) is 4.12. The van der Waals surface area contributed by atoms with Gasteiger partial charge in [-0.05, 0) is 30.5 Å². The van der Waals surface area contributed by atoms with E-state index in [4.69, 9.17) is 0 Å². The Bertz CT molecular complexity index is 874. The first kappa shape index (κ1) is 17.0. The Balaban J connectivity index is 1.83. The van der Waals surface area contributed by atoms with Gasteiger partial charge in [-0.3, -0.25) is 9.59 Å². The molecule has 128 valence electrons. The number of aromatic nitrogens is 1. The number of amides is 1. The molecule has 0 spiro atoms. The molecule has 0 bridgehead atoms. The Morgan fingerprint density at radius 2 is 1.68 bits per heavy atom. The fourth-order valence-corrected chi connectivity index (χ4v) is 2.97. The topological polar surface area (TPSA) is 62.0 Å². The van der Waals surface area contributed by atoms with Crippen molar-refractivity contribution in [2.24, 2.45) is 5.92 Å². The highest BCUT2D eigenvalue weighted by atomic mass is 16.2. The lowest BCUT2D eigenvalue weighted by molar-refractivity contribution is 0.0920. The van der Waals surface area contributed by atoms with Crippen molar-refractivity contribution in [1.29, 1.82) is 0 Å². The third-order valence-corrected chi connectivity index (χ3v) is 4.40. The van der Waals surface area contributed by atoms with Crippen LogP contribution in [0.25, 0.3) is 10.9 Å². The van der Waals surface area contributed by atoms with Gasteiger partial charge in [-0.1, -0.05) is 56.3 Å². The Hall–Kier alpha value is -2.88. The fraction of sp³-hybridized carbons (Fsp3) is 0.238. The van der Waals surface area contributed by atoms with Gasteiger partial charge in [0, 0.05) is 16.5 Å². The summed E-state index contributed by atoms with van der Waals surface area (Å²) in [6.45, 7) is 5.68. The van der Waals surface area contributed by atoms with Gasteiger partial charge in [0.05, 0.1) is 6.04 Å². The molecule has 1 amide bonds. The molecule has 4 heteroatoms. The van der Waals surface area contributed by atoms with Crippen LogP contribution < -0.4 is 5.32 Å². The molecule has 0 aliphatic carbocycles. The standard InChI is InChI=1S/C21H22N2O2/c1-13(2)20(16-10-8-15(9-11-16)14(3)24)23-21(25)19-12-17-6-4-5-7-18(17)22-19/h4-13,20,22H,1-3H3,(H,23,25). The molecule has 3 aromatic rings. The van der Waals surface area contributed by atoms with Crippen molar-refractivity contribution in [3.05, 3.63) is 71.4 Å². The molecule has 2 N–H and O–H groups in total. The fourth-order valence-electron chi connectivity index (χ4n) is 2.97. The SMILES string of the molecule is CC(=O)c1ccc(C(NC(=O)c2cc3ccccc3[nH]2)C(C)C)cc1. The highest BCUT2D eigenvalue weighted by Gasteiger charge is 2.20. The van der Waals surface area contributed by atoms with Gasteiger partial charge in [0.15, 0.2) is 5.78 Å². The molecule has 1 atom stereocenters. The molecule has 1 unspecified atom stereocenters. The first-order chi connectivity index (χ1) is 12.0. The van der Waals surface area contributed by atoms with Gasteiger partial charge >= 0.3 is 0 Å².